The molecule has 0 aromatic carbocycles. The summed E-state index contributed by atoms with van der Waals surface area (Å²) >= 11 is 0. The summed E-state index contributed by atoms with van der Waals surface area (Å²) < 4.78 is 3.45. The number of allylic oxidation sites excluding steroid dienone is 1. The SMILES string of the molecule is CC1C=Cc2c(n(C)c(=O)n2C)C1. The van der Waals surface area contributed by atoms with Gasteiger partial charge in [-0.1, -0.05) is 13.0 Å². The Balaban J connectivity index is 2.70. The van der Waals surface area contributed by atoms with Crippen molar-refractivity contribution >= 4 is 6.08 Å². The minimum Gasteiger partial charge on any atom is -0.299 e. The second-order valence-corrected chi connectivity index (χ2v) is 3.77. The summed E-state index contributed by atoms with van der Waals surface area (Å²) in [6.45, 7) is 2.16. The smallest absolute Gasteiger partial charge is 0.299 e. The van der Waals surface area contributed by atoms with E-state index >= 15 is 0 Å². The van der Waals surface area contributed by atoms with Crippen LogP contribution in [0.3, 0.4) is 0 Å². The Morgan fingerprint density at radius 3 is 2.77 bits per heavy atom. The van der Waals surface area contributed by atoms with Crippen molar-refractivity contribution in [3.63, 3.8) is 0 Å². The van der Waals surface area contributed by atoms with Crippen molar-refractivity contribution in [2.45, 2.75) is 13.3 Å². The molecule has 1 aromatic heterocycles. The molecule has 0 aliphatic heterocycles. The third kappa shape index (κ3) is 1.07. The van der Waals surface area contributed by atoms with Gasteiger partial charge in [0, 0.05) is 19.8 Å². The van der Waals surface area contributed by atoms with Crippen LogP contribution in [0.2, 0.25) is 0 Å². The molecule has 0 spiro atoms. The minimum atomic E-state index is 0.0729. The third-order valence-electron chi connectivity index (χ3n) is 2.73. The predicted octanol–water partition coefficient (Wildman–Crippen LogP) is 0.929. The van der Waals surface area contributed by atoms with Gasteiger partial charge in [-0.3, -0.25) is 9.13 Å². The first kappa shape index (κ1) is 8.35. The lowest BCUT2D eigenvalue weighted by atomic mass is 9.98. The summed E-state index contributed by atoms with van der Waals surface area (Å²) in [4.78, 5) is 11.6. The van der Waals surface area contributed by atoms with Crippen LogP contribution in [0.1, 0.15) is 18.3 Å². The fraction of sp³-hybridized carbons (Fsp3) is 0.500. The van der Waals surface area contributed by atoms with E-state index in [1.807, 2.05) is 20.2 Å². The van der Waals surface area contributed by atoms with Crippen LogP contribution in [0.5, 0.6) is 0 Å². The Bertz CT molecular complexity index is 423. The Kier molecular flexibility index (Phi) is 1.68. The number of rotatable bonds is 0. The molecule has 0 N–H and O–H groups in total. The lowest BCUT2D eigenvalue weighted by molar-refractivity contribution is 0.662. The topological polar surface area (TPSA) is 26.9 Å². The first-order valence-corrected chi connectivity index (χ1v) is 4.54. The highest BCUT2D eigenvalue weighted by Crippen LogP contribution is 2.20. The summed E-state index contributed by atoms with van der Waals surface area (Å²) in [5, 5.41) is 0. The Morgan fingerprint density at radius 1 is 1.38 bits per heavy atom. The normalized spacial score (nSPS) is 20.4. The van der Waals surface area contributed by atoms with Crippen LogP contribution in [0.15, 0.2) is 10.9 Å². The molecule has 0 amide bonds. The summed E-state index contributed by atoms with van der Waals surface area (Å²) in [5.41, 5.74) is 2.29. The van der Waals surface area contributed by atoms with Crippen molar-refractivity contribution in [2.75, 3.05) is 0 Å². The van der Waals surface area contributed by atoms with E-state index in [1.54, 1.807) is 9.13 Å². The number of hydrogen-bond acceptors (Lipinski definition) is 1. The lowest BCUT2D eigenvalue weighted by Crippen LogP contribution is -2.20. The third-order valence-corrected chi connectivity index (χ3v) is 2.73. The highest BCUT2D eigenvalue weighted by molar-refractivity contribution is 5.51. The van der Waals surface area contributed by atoms with Crippen molar-refractivity contribution < 1.29 is 0 Å². The summed E-state index contributed by atoms with van der Waals surface area (Å²) in [7, 11) is 3.66. The maximum absolute atomic E-state index is 11.6. The molecule has 70 valence electrons. The molecule has 1 atom stereocenters. The summed E-state index contributed by atoms with van der Waals surface area (Å²) in [6.07, 6.45) is 5.17. The molecule has 0 saturated heterocycles. The number of aromatic nitrogens is 2. The van der Waals surface area contributed by atoms with Crippen LogP contribution in [0.25, 0.3) is 6.08 Å². The zero-order chi connectivity index (χ0) is 9.59. The molecule has 1 aliphatic carbocycles. The molecule has 0 saturated carbocycles. The highest BCUT2D eigenvalue weighted by atomic mass is 16.1. The van der Waals surface area contributed by atoms with Crippen molar-refractivity contribution in [3.05, 3.63) is 27.9 Å². The zero-order valence-corrected chi connectivity index (χ0v) is 8.24. The summed E-state index contributed by atoms with van der Waals surface area (Å²) in [6, 6.07) is 0. The van der Waals surface area contributed by atoms with Crippen molar-refractivity contribution in [2.24, 2.45) is 20.0 Å². The standard InChI is InChI=1S/C10H14N2O/c1-7-4-5-8-9(6-7)12(3)10(13)11(8)2/h4-5,7H,6H2,1-3H3. The van der Waals surface area contributed by atoms with Gasteiger partial charge in [-0.15, -0.1) is 0 Å². The van der Waals surface area contributed by atoms with Gasteiger partial charge >= 0.3 is 5.69 Å². The van der Waals surface area contributed by atoms with E-state index in [-0.39, 0.29) is 5.69 Å². The molecule has 0 fully saturated rings. The highest BCUT2D eigenvalue weighted by Gasteiger charge is 2.17. The molecule has 13 heavy (non-hydrogen) atoms. The van der Waals surface area contributed by atoms with Gasteiger partial charge in [0.1, 0.15) is 0 Å². The molecular formula is C10H14N2O. The molecule has 3 heteroatoms. The molecule has 1 unspecified atom stereocenters. The van der Waals surface area contributed by atoms with Gasteiger partial charge in [0.25, 0.3) is 0 Å². The Labute approximate surface area is 77.3 Å². The lowest BCUT2D eigenvalue weighted by Gasteiger charge is -2.13. The number of imidazole rings is 1. The van der Waals surface area contributed by atoms with E-state index in [1.165, 1.54) is 0 Å². The zero-order valence-electron chi connectivity index (χ0n) is 8.24. The molecular weight excluding hydrogens is 164 g/mol. The second-order valence-electron chi connectivity index (χ2n) is 3.77. The van der Waals surface area contributed by atoms with Gasteiger partial charge in [0.15, 0.2) is 0 Å². The van der Waals surface area contributed by atoms with Crippen LogP contribution in [-0.2, 0) is 20.5 Å². The molecule has 0 radical (unpaired) electrons. The van der Waals surface area contributed by atoms with E-state index in [4.69, 9.17) is 0 Å². The van der Waals surface area contributed by atoms with Crippen LogP contribution >= 0.6 is 0 Å². The Hall–Kier alpha value is -1.25. The first-order chi connectivity index (χ1) is 6.11. The average molecular weight is 178 g/mol. The minimum absolute atomic E-state index is 0.0729. The van der Waals surface area contributed by atoms with E-state index in [9.17, 15) is 4.79 Å². The van der Waals surface area contributed by atoms with Crippen LogP contribution < -0.4 is 5.69 Å². The number of hydrogen-bond donors (Lipinski definition) is 0. The van der Waals surface area contributed by atoms with Crippen LogP contribution in [-0.4, -0.2) is 9.13 Å². The largest absolute Gasteiger partial charge is 0.328 e. The van der Waals surface area contributed by atoms with Gasteiger partial charge in [-0.2, -0.15) is 0 Å². The maximum Gasteiger partial charge on any atom is 0.328 e. The number of nitrogens with zero attached hydrogens (tertiary/aromatic N) is 2. The fourth-order valence-electron chi connectivity index (χ4n) is 1.89. The van der Waals surface area contributed by atoms with Crippen molar-refractivity contribution in [1.82, 2.24) is 9.13 Å². The quantitative estimate of drug-likeness (QED) is 0.580. The van der Waals surface area contributed by atoms with E-state index in [0.717, 1.165) is 17.8 Å². The first-order valence-electron chi connectivity index (χ1n) is 4.54. The van der Waals surface area contributed by atoms with E-state index in [2.05, 4.69) is 13.0 Å². The monoisotopic (exact) mass is 178 g/mol. The van der Waals surface area contributed by atoms with Crippen molar-refractivity contribution in [1.29, 1.82) is 0 Å². The van der Waals surface area contributed by atoms with Gasteiger partial charge in [0.05, 0.1) is 5.69 Å². The fourth-order valence-corrected chi connectivity index (χ4v) is 1.89. The van der Waals surface area contributed by atoms with E-state index in [0.29, 0.717) is 5.92 Å². The molecule has 1 aliphatic rings. The van der Waals surface area contributed by atoms with Gasteiger partial charge < -0.3 is 0 Å². The predicted molar refractivity (Wildman–Crippen MR) is 52.6 cm³/mol. The van der Waals surface area contributed by atoms with Gasteiger partial charge in [-0.05, 0) is 18.4 Å². The van der Waals surface area contributed by atoms with Crippen molar-refractivity contribution in [3.8, 4) is 0 Å². The van der Waals surface area contributed by atoms with Gasteiger partial charge in [0.2, 0.25) is 0 Å². The van der Waals surface area contributed by atoms with Crippen LogP contribution in [0, 0.1) is 5.92 Å². The second kappa shape index (κ2) is 2.62. The van der Waals surface area contributed by atoms with E-state index < -0.39 is 0 Å². The van der Waals surface area contributed by atoms with Gasteiger partial charge in [-0.25, -0.2) is 4.79 Å². The molecule has 2 rings (SSSR count). The molecule has 1 heterocycles. The molecule has 0 bridgehead atoms. The Morgan fingerprint density at radius 2 is 2.08 bits per heavy atom. The average Bonchev–Trinajstić information content (AvgIpc) is 2.32. The van der Waals surface area contributed by atoms with Crippen LogP contribution in [0.4, 0.5) is 0 Å². The molecule has 1 aromatic rings. The number of fused-ring (bicyclic) bond motifs is 1. The molecule has 3 nitrogen and oxygen atoms in total. The summed E-state index contributed by atoms with van der Waals surface area (Å²) in [5.74, 6) is 0.542. The maximum atomic E-state index is 11.6.